The second kappa shape index (κ2) is 5.65. The quantitative estimate of drug-likeness (QED) is 0.802. The van der Waals surface area contributed by atoms with E-state index in [-0.39, 0.29) is 6.17 Å². The third-order valence-electron chi connectivity index (χ3n) is 3.69. The van der Waals surface area contributed by atoms with Crippen molar-refractivity contribution in [2.45, 2.75) is 51.1 Å². The first kappa shape index (κ1) is 13.3. The number of nitrogens with two attached hydrogens (primary N) is 1. The number of nitrogens with zero attached hydrogens (tertiary/aromatic N) is 2. The van der Waals surface area contributed by atoms with Crippen LogP contribution in [0.1, 0.15) is 44.9 Å². The van der Waals surface area contributed by atoms with Crippen molar-refractivity contribution in [1.29, 1.82) is 0 Å². The van der Waals surface area contributed by atoms with E-state index in [9.17, 15) is 8.42 Å². The molecule has 1 unspecified atom stereocenters. The molecule has 5 nitrogen and oxygen atoms in total. The molecule has 0 saturated carbocycles. The van der Waals surface area contributed by atoms with Crippen LogP contribution in [0.3, 0.4) is 0 Å². The Hall–Kier alpha value is -0.170. The van der Waals surface area contributed by atoms with Crippen LogP contribution in [-0.2, 0) is 10.2 Å². The Balaban J connectivity index is 2.11. The fourth-order valence-corrected chi connectivity index (χ4v) is 4.46. The first-order valence-electron chi connectivity index (χ1n) is 6.65. The first-order chi connectivity index (χ1) is 8.12. The number of piperidine rings is 1. The van der Waals surface area contributed by atoms with Gasteiger partial charge in [0.25, 0.3) is 10.2 Å². The third kappa shape index (κ3) is 2.99. The fraction of sp³-hybridized carbons (Fsp3) is 1.00. The lowest BCUT2D eigenvalue weighted by atomic mass is 10.2. The molecule has 0 amide bonds. The van der Waals surface area contributed by atoms with Crippen molar-refractivity contribution in [3.8, 4) is 0 Å². The van der Waals surface area contributed by atoms with Gasteiger partial charge in [-0.05, 0) is 25.7 Å². The highest BCUT2D eigenvalue weighted by Gasteiger charge is 2.34. The molecule has 6 heteroatoms. The molecule has 2 aliphatic heterocycles. The summed E-state index contributed by atoms with van der Waals surface area (Å²) in [7, 11) is -3.32. The molecule has 0 aromatic carbocycles. The molecule has 100 valence electrons. The van der Waals surface area contributed by atoms with E-state index in [0.29, 0.717) is 19.6 Å². The molecular formula is C11H23N3O2S. The summed E-state index contributed by atoms with van der Waals surface area (Å²) in [5.74, 6) is 0. The van der Waals surface area contributed by atoms with Gasteiger partial charge in [0.15, 0.2) is 0 Å². The second-order valence-corrected chi connectivity index (χ2v) is 6.88. The van der Waals surface area contributed by atoms with Crippen LogP contribution in [0.5, 0.6) is 0 Å². The Morgan fingerprint density at radius 3 is 2.18 bits per heavy atom. The minimum absolute atomic E-state index is 0.329. The van der Waals surface area contributed by atoms with E-state index < -0.39 is 10.2 Å². The molecule has 2 rings (SSSR count). The minimum atomic E-state index is -3.32. The Morgan fingerprint density at radius 2 is 1.47 bits per heavy atom. The van der Waals surface area contributed by atoms with E-state index in [1.807, 2.05) is 0 Å². The molecule has 2 N–H and O–H groups in total. The molecular weight excluding hydrogens is 238 g/mol. The van der Waals surface area contributed by atoms with E-state index in [0.717, 1.165) is 44.9 Å². The summed E-state index contributed by atoms with van der Waals surface area (Å²) < 4.78 is 28.1. The Kier molecular flexibility index (Phi) is 4.41. The van der Waals surface area contributed by atoms with E-state index in [4.69, 9.17) is 5.73 Å². The van der Waals surface area contributed by atoms with Crippen LogP contribution in [0.15, 0.2) is 0 Å². The summed E-state index contributed by atoms with van der Waals surface area (Å²) in [4.78, 5) is 0. The summed E-state index contributed by atoms with van der Waals surface area (Å²) in [6.45, 7) is 1.90. The average Bonchev–Trinajstić information content (AvgIpc) is 2.55. The van der Waals surface area contributed by atoms with Crippen molar-refractivity contribution >= 4 is 10.2 Å². The van der Waals surface area contributed by atoms with Gasteiger partial charge in [0.05, 0.1) is 6.17 Å². The zero-order valence-corrected chi connectivity index (χ0v) is 11.2. The van der Waals surface area contributed by atoms with Gasteiger partial charge >= 0.3 is 0 Å². The molecule has 0 aliphatic carbocycles. The van der Waals surface area contributed by atoms with Gasteiger partial charge < -0.3 is 5.73 Å². The van der Waals surface area contributed by atoms with Gasteiger partial charge in [-0.15, -0.1) is 0 Å². The molecule has 2 heterocycles. The predicted molar refractivity (Wildman–Crippen MR) is 67.5 cm³/mol. The summed E-state index contributed by atoms with van der Waals surface area (Å²) in [6, 6.07) is 0. The molecule has 0 spiro atoms. The van der Waals surface area contributed by atoms with Crippen molar-refractivity contribution in [3.63, 3.8) is 0 Å². The van der Waals surface area contributed by atoms with Crippen LogP contribution in [0, 0.1) is 0 Å². The normalized spacial score (nSPS) is 30.1. The maximum Gasteiger partial charge on any atom is 0.283 e. The topological polar surface area (TPSA) is 66.6 Å². The van der Waals surface area contributed by atoms with Gasteiger partial charge in [-0.2, -0.15) is 17.0 Å². The molecule has 17 heavy (non-hydrogen) atoms. The second-order valence-electron chi connectivity index (χ2n) is 4.99. The zero-order valence-electron chi connectivity index (χ0n) is 10.3. The van der Waals surface area contributed by atoms with Crippen molar-refractivity contribution in [1.82, 2.24) is 8.61 Å². The largest absolute Gasteiger partial charge is 0.315 e. The molecule has 0 bridgehead atoms. The van der Waals surface area contributed by atoms with Crippen molar-refractivity contribution < 1.29 is 8.42 Å². The Labute approximate surface area is 104 Å². The molecule has 2 fully saturated rings. The molecule has 1 atom stereocenters. The molecule has 2 aliphatic rings. The molecule has 0 aromatic heterocycles. The van der Waals surface area contributed by atoms with Crippen molar-refractivity contribution in [2.24, 2.45) is 5.73 Å². The summed E-state index contributed by atoms with van der Waals surface area (Å²) in [6.07, 6.45) is 6.59. The van der Waals surface area contributed by atoms with Crippen LogP contribution in [0.2, 0.25) is 0 Å². The maximum atomic E-state index is 12.5. The van der Waals surface area contributed by atoms with Crippen molar-refractivity contribution in [2.75, 3.05) is 19.6 Å². The molecule has 2 saturated heterocycles. The van der Waals surface area contributed by atoms with Gasteiger partial charge in [0.1, 0.15) is 0 Å². The lowest BCUT2D eigenvalue weighted by Gasteiger charge is -2.34. The molecule has 0 radical (unpaired) electrons. The lowest BCUT2D eigenvalue weighted by Crippen LogP contribution is -2.52. The lowest BCUT2D eigenvalue weighted by molar-refractivity contribution is 0.270. The van der Waals surface area contributed by atoms with Gasteiger partial charge in [0.2, 0.25) is 0 Å². The number of rotatable bonds is 2. The highest BCUT2D eigenvalue weighted by Crippen LogP contribution is 2.22. The van der Waals surface area contributed by atoms with Crippen LogP contribution >= 0.6 is 0 Å². The average molecular weight is 261 g/mol. The summed E-state index contributed by atoms with van der Waals surface area (Å²) in [5, 5.41) is 0. The first-order valence-corrected chi connectivity index (χ1v) is 8.04. The van der Waals surface area contributed by atoms with Gasteiger partial charge in [-0.3, -0.25) is 0 Å². The van der Waals surface area contributed by atoms with Gasteiger partial charge in [-0.25, -0.2) is 0 Å². The third-order valence-corrected chi connectivity index (χ3v) is 5.75. The monoisotopic (exact) mass is 261 g/mol. The van der Waals surface area contributed by atoms with E-state index >= 15 is 0 Å². The van der Waals surface area contributed by atoms with Crippen LogP contribution < -0.4 is 5.73 Å². The van der Waals surface area contributed by atoms with E-state index in [1.165, 1.54) is 4.31 Å². The van der Waals surface area contributed by atoms with E-state index in [1.54, 1.807) is 4.31 Å². The SMILES string of the molecule is NC1CCCCCN1S(=O)(=O)N1CCCCC1. The summed E-state index contributed by atoms with van der Waals surface area (Å²) in [5.41, 5.74) is 5.99. The van der Waals surface area contributed by atoms with Gasteiger partial charge in [-0.1, -0.05) is 19.3 Å². The van der Waals surface area contributed by atoms with Crippen LogP contribution in [0.25, 0.3) is 0 Å². The highest BCUT2D eigenvalue weighted by atomic mass is 32.2. The maximum absolute atomic E-state index is 12.5. The number of hydrogen-bond donors (Lipinski definition) is 1. The van der Waals surface area contributed by atoms with Crippen LogP contribution in [0.4, 0.5) is 0 Å². The van der Waals surface area contributed by atoms with Crippen molar-refractivity contribution in [3.05, 3.63) is 0 Å². The van der Waals surface area contributed by atoms with E-state index in [2.05, 4.69) is 0 Å². The smallest absolute Gasteiger partial charge is 0.283 e. The van der Waals surface area contributed by atoms with Crippen LogP contribution in [-0.4, -0.2) is 42.8 Å². The highest BCUT2D eigenvalue weighted by molar-refractivity contribution is 7.86. The Bertz CT molecular complexity index is 339. The standard InChI is InChI=1S/C11H23N3O2S/c12-11-7-3-1-6-10-14(11)17(15,16)13-8-4-2-5-9-13/h11H,1-10,12H2. The molecule has 0 aromatic rings. The predicted octanol–water partition coefficient (Wildman–Crippen LogP) is 0.878. The fourth-order valence-electron chi connectivity index (χ4n) is 2.64. The summed E-state index contributed by atoms with van der Waals surface area (Å²) >= 11 is 0. The minimum Gasteiger partial charge on any atom is -0.315 e. The van der Waals surface area contributed by atoms with Gasteiger partial charge in [0, 0.05) is 19.6 Å². The Morgan fingerprint density at radius 1 is 0.882 bits per heavy atom. The zero-order chi connectivity index (χ0) is 12.3. The number of hydrogen-bond acceptors (Lipinski definition) is 3.